The fourth-order valence-electron chi connectivity index (χ4n) is 1.34. The molecule has 4 heteroatoms. The van der Waals surface area contributed by atoms with Crippen molar-refractivity contribution in [1.82, 2.24) is 10.3 Å². The van der Waals surface area contributed by atoms with Gasteiger partial charge in [0, 0.05) is 25.0 Å². The summed E-state index contributed by atoms with van der Waals surface area (Å²) in [5.74, 6) is 0.403. The number of hydrogen-bond donors (Lipinski definition) is 1. The molecule has 86 valence electrons. The van der Waals surface area contributed by atoms with E-state index in [1.54, 1.807) is 18.4 Å². The molecule has 15 heavy (non-hydrogen) atoms. The summed E-state index contributed by atoms with van der Waals surface area (Å²) >= 11 is 1.72. The Labute approximate surface area is 95.9 Å². The summed E-state index contributed by atoms with van der Waals surface area (Å²) < 4.78 is 5.12. The van der Waals surface area contributed by atoms with Crippen molar-refractivity contribution < 1.29 is 4.74 Å². The number of thiazole rings is 1. The van der Waals surface area contributed by atoms with E-state index in [-0.39, 0.29) is 0 Å². The van der Waals surface area contributed by atoms with Crippen LogP contribution in [0.15, 0.2) is 5.38 Å². The van der Waals surface area contributed by atoms with E-state index < -0.39 is 0 Å². The quantitative estimate of drug-likeness (QED) is 0.728. The highest BCUT2D eigenvalue weighted by Gasteiger charge is 2.09. The maximum absolute atomic E-state index is 5.12. The fourth-order valence-corrected chi connectivity index (χ4v) is 2.21. The Morgan fingerprint density at radius 2 is 2.40 bits per heavy atom. The van der Waals surface area contributed by atoms with Gasteiger partial charge in [-0.15, -0.1) is 11.3 Å². The Balaban J connectivity index is 2.41. The zero-order chi connectivity index (χ0) is 11.1. The molecule has 0 aliphatic heterocycles. The van der Waals surface area contributed by atoms with E-state index >= 15 is 0 Å². The second-order valence-electron chi connectivity index (χ2n) is 3.71. The number of nitrogens with zero attached hydrogens (tertiary/aromatic N) is 1. The molecule has 0 bridgehead atoms. The molecule has 0 fully saturated rings. The fraction of sp³-hybridized carbons (Fsp3) is 0.727. The van der Waals surface area contributed by atoms with Gasteiger partial charge in [0.05, 0.1) is 17.3 Å². The van der Waals surface area contributed by atoms with E-state index in [1.165, 1.54) is 5.01 Å². The first-order chi connectivity index (χ1) is 7.27. The largest absolute Gasteiger partial charge is 0.384 e. The molecule has 0 aliphatic carbocycles. The van der Waals surface area contributed by atoms with Crippen molar-refractivity contribution in [2.45, 2.75) is 32.7 Å². The van der Waals surface area contributed by atoms with Crippen molar-refractivity contribution in [1.29, 1.82) is 0 Å². The summed E-state index contributed by atoms with van der Waals surface area (Å²) in [7, 11) is 1.73. The highest BCUT2D eigenvalue weighted by atomic mass is 32.1. The van der Waals surface area contributed by atoms with Crippen LogP contribution >= 0.6 is 11.3 Å². The van der Waals surface area contributed by atoms with Gasteiger partial charge in [0.25, 0.3) is 0 Å². The van der Waals surface area contributed by atoms with Crippen LogP contribution in [0, 0.1) is 0 Å². The van der Waals surface area contributed by atoms with Gasteiger partial charge in [-0.2, -0.15) is 0 Å². The molecule has 0 radical (unpaired) electrons. The number of aromatic nitrogens is 1. The lowest BCUT2D eigenvalue weighted by Crippen LogP contribution is -2.14. The van der Waals surface area contributed by atoms with Crippen LogP contribution in [0.2, 0.25) is 0 Å². The van der Waals surface area contributed by atoms with Gasteiger partial charge in [0.2, 0.25) is 0 Å². The Hall–Kier alpha value is -0.450. The van der Waals surface area contributed by atoms with Crippen LogP contribution in [0.25, 0.3) is 0 Å². The summed E-state index contributed by atoms with van der Waals surface area (Å²) in [6, 6.07) is 0. The maximum Gasteiger partial charge on any atom is 0.0980 e. The molecule has 1 unspecified atom stereocenters. The summed E-state index contributed by atoms with van der Waals surface area (Å²) in [6.45, 7) is 6.99. The minimum atomic E-state index is 0.403. The molecule has 0 amide bonds. The molecule has 0 saturated heterocycles. The van der Waals surface area contributed by atoms with E-state index in [1.807, 2.05) is 0 Å². The molecule has 1 heterocycles. The summed E-state index contributed by atoms with van der Waals surface area (Å²) in [6.07, 6.45) is 1.16. The van der Waals surface area contributed by atoms with Crippen molar-refractivity contribution >= 4 is 11.3 Å². The van der Waals surface area contributed by atoms with Gasteiger partial charge in [-0.05, 0) is 13.0 Å². The van der Waals surface area contributed by atoms with E-state index in [0.717, 1.165) is 31.8 Å². The minimum Gasteiger partial charge on any atom is -0.384 e. The minimum absolute atomic E-state index is 0.403. The van der Waals surface area contributed by atoms with Crippen molar-refractivity contribution in [3.63, 3.8) is 0 Å². The topological polar surface area (TPSA) is 34.1 Å². The third-order valence-electron chi connectivity index (χ3n) is 2.14. The molecular weight excluding hydrogens is 208 g/mol. The smallest absolute Gasteiger partial charge is 0.0980 e. The predicted octanol–water partition coefficient (Wildman–Crippen LogP) is 2.39. The van der Waals surface area contributed by atoms with Crippen LogP contribution in [0.3, 0.4) is 0 Å². The van der Waals surface area contributed by atoms with Crippen molar-refractivity contribution in [3.8, 4) is 0 Å². The van der Waals surface area contributed by atoms with E-state index in [9.17, 15) is 0 Å². The van der Waals surface area contributed by atoms with Gasteiger partial charge in [-0.25, -0.2) is 4.98 Å². The summed E-state index contributed by atoms with van der Waals surface area (Å²) in [5.41, 5.74) is 1.14. The molecule has 0 saturated carbocycles. The molecule has 0 spiro atoms. The molecule has 1 aromatic rings. The normalized spacial score (nSPS) is 13.0. The third kappa shape index (κ3) is 4.28. The SMILES string of the molecule is CCCNCc1csc(C(C)COC)n1. The molecule has 3 nitrogen and oxygen atoms in total. The molecule has 1 aromatic heterocycles. The Kier molecular flexibility index (Phi) is 5.83. The van der Waals surface area contributed by atoms with Crippen LogP contribution in [0.5, 0.6) is 0 Å². The molecule has 1 atom stereocenters. The van der Waals surface area contributed by atoms with Gasteiger partial charge in [0.15, 0.2) is 0 Å². The first kappa shape index (κ1) is 12.6. The molecule has 0 aliphatic rings. The first-order valence-electron chi connectivity index (χ1n) is 5.41. The van der Waals surface area contributed by atoms with Crippen LogP contribution in [0.1, 0.15) is 36.9 Å². The average molecular weight is 228 g/mol. The monoisotopic (exact) mass is 228 g/mol. The third-order valence-corrected chi connectivity index (χ3v) is 3.27. The van der Waals surface area contributed by atoms with Gasteiger partial charge in [-0.3, -0.25) is 0 Å². The number of hydrogen-bond acceptors (Lipinski definition) is 4. The molecule has 0 aromatic carbocycles. The predicted molar refractivity (Wildman–Crippen MR) is 64.4 cm³/mol. The van der Waals surface area contributed by atoms with Gasteiger partial charge < -0.3 is 10.1 Å². The lowest BCUT2D eigenvalue weighted by molar-refractivity contribution is 0.184. The van der Waals surface area contributed by atoms with Crippen molar-refractivity contribution in [2.24, 2.45) is 0 Å². The Morgan fingerprint density at radius 3 is 3.07 bits per heavy atom. The van der Waals surface area contributed by atoms with Gasteiger partial charge in [0.1, 0.15) is 0 Å². The Morgan fingerprint density at radius 1 is 1.60 bits per heavy atom. The van der Waals surface area contributed by atoms with Crippen LogP contribution < -0.4 is 5.32 Å². The number of nitrogens with one attached hydrogen (secondary N) is 1. The highest BCUT2D eigenvalue weighted by Crippen LogP contribution is 2.19. The van der Waals surface area contributed by atoms with Crippen LogP contribution in [0.4, 0.5) is 0 Å². The average Bonchev–Trinajstić information content (AvgIpc) is 2.67. The number of methoxy groups -OCH3 is 1. The van der Waals surface area contributed by atoms with Gasteiger partial charge in [-0.1, -0.05) is 13.8 Å². The van der Waals surface area contributed by atoms with Crippen LogP contribution in [-0.4, -0.2) is 25.2 Å². The lowest BCUT2D eigenvalue weighted by atomic mass is 10.2. The lowest BCUT2D eigenvalue weighted by Gasteiger charge is -2.05. The van der Waals surface area contributed by atoms with Gasteiger partial charge >= 0.3 is 0 Å². The molecule has 1 rings (SSSR count). The van der Waals surface area contributed by atoms with Crippen molar-refractivity contribution in [2.75, 3.05) is 20.3 Å². The second-order valence-corrected chi connectivity index (χ2v) is 4.60. The van der Waals surface area contributed by atoms with Crippen LogP contribution in [-0.2, 0) is 11.3 Å². The zero-order valence-corrected chi connectivity index (χ0v) is 10.6. The second kappa shape index (κ2) is 6.93. The number of rotatable bonds is 7. The van der Waals surface area contributed by atoms with E-state index in [2.05, 4.69) is 29.5 Å². The van der Waals surface area contributed by atoms with E-state index in [0.29, 0.717) is 5.92 Å². The zero-order valence-electron chi connectivity index (χ0n) is 9.75. The highest BCUT2D eigenvalue weighted by molar-refractivity contribution is 7.09. The first-order valence-corrected chi connectivity index (χ1v) is 6.29. The maximum atomic E-state index is 5.12. The van der Waals surface area contributed by atoms with E-state index in [4.69, 9.17) is 4.74 Å². The molecule has 1 N–H and O–H groups in total. The van der Waals surface area contributed by atoms with Crippen molar-refractivity contribution in [3.05, 3.63) is 16.1 Å². The molecular formula is C11H20N2OS. The summed E-state index contributed by atoms with van der Waals surface area (Å²) in [5, 5.41) is 6.65. The number of ether oxygens (including phenoxy) is 1. The summed E-state index contributed by atoms with van der Waals surface area (Å²) in [4.78, 5) is 4.58. The standard InChI is InChI=1S/C11H20N2OS/c1-4-5-12-6-10-8-15-11(13-10)9(2)7-14-3/h8-9,12H,4-7H2,1-3H3. The Bertz CT molecular complexity index is 275.